The van der Waals surface area contributed by atoms with Crippen LogP contribution >= 0.6 is 0 Å². The third-order valence-corrected chi connectivity index (χ3v) is 6.03. The van der Waals surface area contributed by atoms with Gasteiger partial charge in [-0.05, 0) is 66.6 Å². The first-order valence-corrected chi connectivity index (χ1v) is 12.4. The van der Waals surface area contributed by atoms with Crippen LogP contribution in [-0.2, 0) is 0 Å². The van der Waals surface area contributed by atoms with E-state index in [1.165, 1.54) is 12.1 Å². The minimum atomic E-state index is -0.410. The number of aromatic hydroxyl groups is 1. The number of benzene rings is 4. The van der Waals surface area contributed by atoms with Crippen LogP contribution in [0.4, 0.5) is 0 Å². The number of amides is 1. The fraction of sp³-hybridized carbons (Fsp3) is 0.0625. The molecule has 38 heavy (non-hydrogen) atoms. The Morgan fingerprint density at radius 1 is 0.868 bits per heavy atom. The molecule has 1 heterocycles. The summed E-state index contributed by atoms with van der Waals surface area (Å²) in [5.41, 5.74) is 8.66. The van der Waals surface area contributed by atoms with Crippen molar-refractivity contribution in [3.63, 3.8) is 0 Å². The standard InChI is InChI=1S/C32H27N3O3/c1-2-38-29-18-16-27(17-19-29)35-30(23-10-5-3-6-11-23)21-26(31(35)24-12-7-4-8-13-24)22-33-34-32(37)25-14-9-15-28(36)20-25/h3-22,36H,2H2,1H3,(H,34,37)/b33-22-. The molecule has 4 aromatic carbocycles. The maximum Gasteiger partial charge on any atom is 0.271 e. The van der Waals surface area contributed by atoms with Crippen molar-refractivity contribution >= 4 is 12.1 Å². The Morgan fingerprint density at radius 2 is 1.55 bits per heavy atom. The third kappa shape index (κ3) is 5.34. The second-order valence-corrected chi connectivity index (χ2v) is 8.58. The van der Waals surface area contributed by atoms with E-state index in [2.05, 4.69) is 45.4 Å². The molecule has 0 saturated carbocycles. The number of phenolic OH excluding ortho intramolecular Hbond substituents is 1. The van der Waals surface area contributed by atoms with Gasteiger partial charge in [0.15, 0.2) is 0 Å². The van der Waals surface area contributed by atoms with Gasteiger partial charge in [-0.3, -0.25) is 4.79 Å². The molecule has 0 radical (unpaired) electrons. The highest BCUT2D eigenvalue weighted by atomic mass is 16.5. The largest absolute Gasteiger partial charge is 0.508 e. The Balaban J connectivity index is 1.62. The van der Waals surface area contributed by atoms with Crippen LogP contribution in [0.15, 0.2) is 120 Å². The lowest BCUT2D eigenvalue weighted by Gasteiger charge is -2.15. The van der Waals surface area contributed by atoms with Gasteiger partial charge in [0, 0.05) is 16.8 Å². The zero-order valence-electron chi connectivity index (χ0n) is 20.9. The van der Waals surface area contributed by atoms with Gasteiger partial charge >= 0.3 is 0 Å². The summed E-state index contributed by atoms with van der Waals surface area (Å²) in [4.78, 5) is 12.6. The SMILES string of the molecule is CCOc1ccc(-n2c(-c3ccccc3)cc(/C=N\NC(=O)c3cccc(O)c3)c2-c2ccccc2)cc1. The molecule has 0 aliphatic rings. The molecule has 188 valence electrons. The molecule has 0 aliphatic heterocycles. The van der Waals surface area contributed by atoms with Crippen LogP contribution in [0.1, 0.15) is 22.8 Å². The Hall–Kier alpha value is -5.10. The van der Waals surface area contributed by atoms with E-state index < -0.39 is 5.91 Å². The molecular weight excluding hydrogens is 474 g/mol. The lowest BCUT2D eigenvalue weighted by atomic mass is 10.1. The van der Waals surface area contributed by atoms with Crippen molar-refractivity contribution < 1.29 is 14.6 Å². The molecule has 5 rings (SSSR count). The number of hydrazone groups is 1. The maximum atomic E-state index is 12.6. The van der Waals surface area contributed by atoms with Crippen LogP contribution in [0.25, 0.3) is 28.2 Å². The van der Waals surface area contributed by atoms with Crippen LogP contribution in [0.5, 0.6) is 11.5 Å². The highest BCUT2D eigenvalue weighted by Gasteiger charge is 2.19. The summed E-state index contributed by atoms with van der Waals surface area (Å²) < 4.78 is 7.86. The number of carbonyl (C=O) groups is 1. The van der Waals surface area contributed by atoms with E-state index in [1.807, 2.05) is 67.6 Å². The summed E-state index contributed by atoms with van der Waals surface area (Å²) in [6, 6.07) is 36.5. The molecule has 1 amide bonds. The van der Waals surface area contributed by atoms with Crippen LogP contribution in [0.2, 0.25) is 0 Å². The van der Waals surface area contributed by atoms with Crippen molar-refractivity contribution in [2.24, 2.45) is 5.10 Å². The highest BCUT2D eigenvalue weighted by molar-refractivity contribution is 5.97. The molecule has 0 aliphatic carbocycles. The number of phenols is 1. The predicted molar refractivity (Wildman–Crippen MR) is 151 cm³/mol. The second kappa shape index (κ2) is 11.3. The van der Waals surface area contributed by atoms with E-state index in [4.69, 9.17) is 4.74 Å². The molecule has 0 unspecified atom stereocenters. The van der Waals surface area contributed by atoms with Gasteiger partial charge in [0.05, 0.1) is 24.2 Å². The third-order valence-electron chi connectivity index (χ3n) is 6.03. The smallest absolute Gasteiger partial charge is 0.271 e. The first kappa shape index (κ1) is 24.6. The van der Waals surface area contributed by atoms with Gasteiger partial charge in [0.1, 0.15) is 11.5 Å². The first-order chi connectivity index (χ1) is 18.6. The lowest BCUT2D eigenvalue weighted by molar-refractivity contribution is 0.0954. The normalized spacial score (nSPS) is 11.0. The van der Waals surface area contributed by atoms with Gasteiger partial charge in [-0.1, -0.05) is 66.7 Å². The van der Waals surface area contributed by atoms with Crippen molar-refractivity contribution in [3.8, 4) is 39.7 Å². The zero-order chi connectivity index (χ0) is 26.3. The zero-order valence-corrected chi connectivity index (χ0v) is 20.9. The summed E-state index contributed by atoms with van der Waals surface area (Å²) >= 11 is 0. The molecular formula is C32H27N3O3. The quantitative estimate of drug-likeness (QED) is 0.184. The molecule has 1 aromatic heterocycles. The number of nitrogens with one attached hydrogen (secondary N) is 1. The van der Waals surface area contributed by atoms with Crippen LogP contribution < -0.4 is 10.2 Å². The number of hydrogen-bond acceptors (Lipinski definition) is 4. The summed E-state index contributed by atoms with van der Waals surface area (Å²) in [6.07, 6.45) is 1.65. The number of aromatic nitrogens is 1. The van der Waals surface area contributed by atoms with Crippen molar-refractivity contribution in [1.82, 2.24) is 9.99 Å². The van der Waals surface area contributed by atoms with Gasteiger partial charge in [-0.25, -0.2) is 5.43 Å². The van der Waals surface area contributed by atoms with E-state index in [1.54, 1.807) is 18.3 Å². The van der Waals surface area contributed by atoms with E-state index in [0.29, 0.717) is 12.2 Å². The Bertz CT molecular complexity index is 1560. The number of hydrogen-bond donors (Lipinski definition) is 2. The number of rotatable bonds is 8. The molecule has 0 spiro atoms. The number of nitrogens with zero attached hydrogens (tertiary/aromatic N) is 2. The summed E-state index contributed by atoms with van der Waals surface area (Å²) in [5.74, 6) is 0.419. The maximum absolute atomic E-state index is 12.6. The number of ether oxygens (including phenoxy) is 1. The lowest BCUT2D eigenvalue weighted by Crippen LogP contribution is -2.17. The van der Waals surface area contributed by atoms with Crippen molar-refractivity contribution in [3.05, 3.63) is 126 Å². The van der Waals surface area contributed by atoms with E-state index in [0.717, 1.165) is 39.5 Å². The van der Waals surface area contributed by atoms with Gasteiger partial charge in [0.2, 0.25) is 0 Å². The second-order valence-electron chi connectivity index (χ2n) is 8.58. The fourth-order valence-electron chi connectivity index (χ4n) is 4.34. The molecule has 5 aromatic rings. The van der Waals surface area contributed by atoms with Crippen molar-refractivity contribution in [2.45, 2.75) is 6.92 Å². The van der Waals surface area contributed by atoms with Crippen LogP contribution in [0.3, 0.4) is 0 Å². The molecule has 0 atom stereocenters. The minimum Gasteiger partial charge on any atom is -0.508 e. The summed E-state index contributed by atoms with van der Waals surface area (Å²) in [7, 11) is 0. The van der Waals surface area contributed by atoms with Crippen LogP contribution in [-0.4, -0.2) is 28.4 Å². The molecule has 0 bridgehead atoms. The average Bonchev–Trinajstić information content (AvgIpc) is 3.34. The molecule has 2 N–H and O–H groups in total. The van der Waals surface area contributed by atoms with E-state index in [9.17, 15) is 9.90 Å². The topological polar surface area (TPSA) is 75.8 Å². The fourth-order valence-corrected chi connectivity index (χ4v) is 4.34. The van der Waals surface area contributed by atoms with E-state index >= 15 is 0 Å². The highest BCUT2D eigenvalue weighted by Crippen LogP contribution is 2.35. The molecule has 6 nitrogen and oxygen atoms in total. The summed E-state index contributed by atoms with van der Waals surface area (Å²) in [6.45, 7) is 2.56. The molecule has 0 fully saturated rings. The molecule has 0 saturated heterocycles. The summed E-state index contributed by atoms with van der Waals surface area (Å²) in [5, 5.41) is 14.0. The average molecular weight is 502 g/mol. The predicted octanol–water partition coefficient (Wildman–Crippen LogP) is 6.68. The number of carbonyl (C=O) groups excluding carboxylic acids is 1. The monoisotopic (exact) mass is 501 g/mol. The van der Waals surface area contributed by atoms with Crippen molar-refractivity contribution in [2.75, 3.05) is 6.61 Å². The van der Waals surface area contributed by atoms with Gasteiger partial charge in [-0.15, -0.1) is 0 Å². The minimum absolute atomic E-state index is 0.0212. The Kier molecular flexibility index (Phi) is 7.32. The van der Waals surface area contributed by atoms with Gasteiger partial charge in [0.25, 0.3) is 5.91 Å². The van der Waals surface area contributed by atoms with Crippen LogP contribution in [0, 0.1) is 0 Å². The Labute approximate surface area is 221 Å². The first-order valence-electron chi connectivity index (χ1n) is 12.4. The van der Waals surface area contributed by atoms with E-state index in [-0.39, 0.29) is 5.75 Å². The van der Waals surface area contributed by atoms with Gasteiger partial charge in [-0.2, -0.15) is 5.10 Å². The Morgan fingerprint density at radius 3 is 2.21 bits per heavy atom. The van der Waals surface area contributed by atoms with Gasteiger partial charge < -0.3 is 14.4 Å². The van der Waals surface area contributed by atoms with Crippen molar-refractivity contribution in [1.29, 1.82) is 0 Å². The molecule has 6 heteroatoms.